The van der Waals surface area contributed by atoms with Crippen LogP contribution >= 0.6 is 23.2 Å². The minimum absolute atomic E-state index is 0.391. The zero-order chi connectivity index (χ0) is 15.3. The second-order valence-corrected chi connectivity index (χ2v) is 5.96. The van der Waals surface area contributed by atoms with Gasteiger partial charge in [0.25, 0.3) is 5.91 Å². The van der Waals surface area contributed by atoms with E-state index in [9.17, 15) is 15.0 Å². The van der Waals surface area contributed by atoms with Crippen LogP contribution in [0.4, 0.5) is 0 Å². The quantitative estimate of drug-likeness (QED) is 0.703. The van der Waals surface area contributed by atoms with Crippen molar-refractivity contribution in [2.45, 2.75) is 36.7 Å². The van der Waals surface area contributed by atoms with Gasteiger partial charge in [-0.1, -0.05) is 61.3 Å². The van der Waals surface area contributed by atoms with E-state index in [4.69, 9.17) is 23.2 Å². The third-order valence-corrected chi connectivity index (χ3v) is 3.44. The van der Waals surface area contributed by atoms with Gasteiger partial charge in [-0.25, -0.2) is 0 Å². The molecule has 2 unspecified atom stereocenters. The van der Waals surface area contributed by atoms with Crippen molar-refractivity contribution in [2.75, 3.05) is 6.61 Å². The third-order valence-electron chi connectivity index (χ3n) is 3.05. The Balaban J connectivity index is 2.80. The SMILES string of the molecule is CC(C)c1ccc(C(O)C(CO)NC(=O)C(Cl)Cl)cc1. The average Bonchev–Trinajstić information content (AvgIpc) is 2.43. The van der Waals surface area contributed by atoms with E-state index in [0.29, 0.717) is 11.5 Å². The van der Waals surface area contributed by atoms with E-state index in [1.165, 1.54) is 0 Å². The number of hydrogen-bond acceptors (Lipinski definition) is 3. The highest BCUT2D eigenvalue weighted by Crippen LogP contribution is 2.21. The molecule has 1 rings (SSSR count). The molecule has 2 atom stereocenters. The molecule has 1 amide bonds. The van der Waals surface area contributed by atoms with Crippen LogP contribution in [-0.2, 0) is 4.79 Å². The molecule has 0 aliphatic heterocycles. The fourth-order valence-electron chi connectivity index (χ4n) is 1.78. The van der Waals surface area contributed by atoms with Crippen LogP contribution in [0.5, 0.6) is 0 Å². The summed E-state index contributed by atoms with van der Waals surface area (Å²) >= 11 is 10.9. The fraction of sp³-hybridized carbons (Fsp3) is 0.500. The number of benzene rings is 1. The molecule has 0 fully saturated rings. The summed E-state index contributed by atoms with van der Waals surface area (Å²) in [6.45, 7) is 3.73. The highest BCUT2D eigenvalue weighted by Gasteiger charge is 2.24. The van der Waals surface area contributed by atoms with Crippen molar-refractivity contribution in [1.82, 2.24) is 5.32 Å². The van der Waals surface area contributed by atoms with E-state index in [1.807, 2.05) is 12.1 Å². The van der Waals surface area contributed by atoms with E-state index in [1.54, 1.807) is 12.1 Å². The van der Waals surface area contributed by atoms with E-state index >= 15 is 0 Å². The predicted octanol–water partition coefficient (Wildman–Crippen LogP) is 2.12. The largest absolute Gasteiger partial charge is 0.394 e. The Hall–Kier alpha value is -0.810. The normalized spacial score (nSPS) is 14.4. The van der Waals surface area contributed by atoms with Gasteiger partial charge in [0.15, 0.2) is 4.84 Å². The molecule has 4 nitrogen and oxygen atoms in total. The maximum Gasteiger partial charge on any atom is 0.253 e. The Morgan fingerprint density at radius 1 is 1.20 bits per heavy atom. The second kappa shape index (κ2) is 7.84. The van der Waals surface area contributed by atoms with Gasteiger partial charge in [0.2, 0.25) is 0 Å². The Kier molecular flexibility index (Phi) is 6.76. The van der Waals surface area contributed by atoms with Gasteiger partial charge in [-0.05, 0) is 17.0 Å². The molecule has 6 heteroatoms. The molecule has 0 bridgehead atoms. The number of amides is 1. The average molecular weight is 320 g/mol. The van der Waals surface area contributed by atoms with Gasteiger partial charge < -0.3 is 15.5 Å². The molecule has 1 aromatic carbocycles. The summed E-state index contributed by atoms with van der Waals surface area (Å²) in [5.74, 6) is -0.256. The highest BCUT2D eigenvalue weighted by molar-refractivity contribution is 6.53. The molecule has 112 valence electrons. The van der Waals surface area contributed by atoms with Crippen molar-refractivity contribution in [3.8, 4) is 0 Å². The lowest BCUT2D eigenvalue weighted by atomic mass is 9.97. The smallest absolute Gasteiger partial charge is 0.253 e. The lowest BCUT2D eigenvalue weighted by molar-refractivity contribution is -0.121. The first kappa shape index (κ1) is 17.2. The molecule has 0 heterocycles. The van der Waals surface area contributed by atoms with Crippen LogP contribution in [0.15, 0.2) is 24.3 Å². The number of aliphatic hydroxyl groups excluding tert-OH is 2. The van der Waals surface area contributed by atoms with Crippen LogP contribution in [0.1, 0.15) is 37.0 Å². The standard InChI is InChI=1S/C14H19Cl2NO3/c1-8(2)9-3-5-10(6-4-9)12(19)11(7-18)17-14(20)13(15)16/h3-6,8,11-13,18-19H,7H2,1-2H3,(H,17,20). The number of carbonyl (C=O) groups excluding carboxylic acids is 1. The van der Waals surface area contributed by atoms with Crippen LogP contribution in [0.2, 0.25) is 0 Å². The number of nitrogens with one attached hydrogen (secondary N) is 1. The first-order chi connectivity index (χ1) is 9.36. The summed E-state index contributed by atoms with van der Waals surface area (Å²) < 4.78 is 0. The van der Waals surface area contributed by atoms with Crippen molar-refractivity contribution < 1.29 is 15.0 Å². The zero-order valence-electron chi connectivity index (χ0n) is 11.4. The Morgan fingerprint density at radius 3 is 2.10 bits per heavy atom. The lowest BCUT2D eigenvalue weighted by Gasteiger charge is -2.23. The Labute approximate surface area is 128 Å². The second-order valence-electron chi connectivity index (χ2n) is 4.86. The van der Waals surface area contributed by atoms with Gasteiger partial charge in [-0.3, -0.25) is 4.79 Å². The molecule has 0 aromatic heterocycles. The van der Waals surface area contributed by atoms with E-state index in [2.05, 4.69) is 19.2 Å². The molecule has 20 heavy (non-hydrogen) atoms. The molecular weight excluding hydrogens is 301 g/mol. The number of hydrogen-bond donors (Lipinski definition) is 3. The predicted molar refractivity (Wildman–Crippen MR) is 80.0 cm³/mol. The highest BCUT2D eigenvalue weighted by atomic mass is 35.5. The van der Waals surface area contributed by atoms with Gasteiger partial charge in [0, 0.05) is 0 Å². The minimum Gasteiger partial charge on any atom is -0.394 e. The number of alkyl halides is 2. The van der Waals surface area contributed by atoms with Gasteiger partial charge in [-0.15, -0.1) is 0 Å². The molecule has 0 aliphatic rings. The number of aliphatic hydroxyl groups is 2. The molecule has 1 aromatic rings. The maximum atomic E-state index is 11.4. The summed E-state index contributed by atoms with van der Waals surface area (Å²) in [6.07, 6.45) is -1.03. The van der Waals surface area contributed by atoms with Gasteiger partial charge in [-0.2, -0.15) is 0 Å². The zero-order valence-corrected chi connectivity index (χ0v) is 12.9. The van der Waals surface area contributed by atoms with E-state index in [-0.39, 0.29) is 0 Å². The third kappa shape index (κ3) is 4.63. The van der Waals surface area contributed by atoms with Crippen LogP contribution in [0.25, 0.3) is 0 Å². The number of carbonyl (C=O) groups is 1. The van der Waals surface area contributed by atoms with Crippen molar-refractivity contribution >= 4 is 29.1 Å². The minimum atomic E-state index is -1.24. The van der Waals surface area contributed by atoms with E-state index < -0.39 is 29.5 Å². The summed E-state index contributed by atoms with van der Waals surface area (Å²) in [5, 5.41) is 21.8. The molecular formula is C14H19Cl2NO3. The summed E-state index contributed by atoms with van der Waals surface area (Å²) in [4.78, 5) is 10.2. The first-order valence-corrected chi connectivity index (χ1v) is 7.21. The summed E-state index contributed by atoms with van der Waals surface area (Å²) in [6, 6.07) is 6.51. The van der Waals surface area contributed by atoms with E-state index in [0.717, 1.165) is 5.56 Å². The van der Waals surface area contributed by atoms with Gasteiger partial charge >= 0.3 is 0 Å². The first-order valence-electron chi connectivity index (χ1n) is 6.34. The number of halogens is 2. The molecule has 0 saturated carbocycles. The molecule has 0 aliphatic carbocycles. The lowest BCUT2D eigenvalue weighted by Crippen LogP contribution is -2.44. The van der Waals surface area contributed by atoms with Gasteiger partial charge in [0.1, 0.15) is 6.10 Å². The van der Waals surface area contributed by atoms with Crippen LogP contribution in [0.3, 0.4) is 0 Å². The molecule has 0 saturated heterocycles. The molecule has 0 spiro atoms. The Bertz CT molecular complexity index is 435. The summed E-state index contributed by atoms with van der Waals surface area (Å²) in [7, 11) is 0. The van der Waals surface area contributed by atoms with Crippen molar-refractivity contribution in [3.63, 3.8) is 0 Å². The van der Waals surface area contributed by atoms with Crippen LogP contribution in [0, 0.1) is 0 Å². The molecule has 3 N–H and O–H groups in total. The van der Waals surface area contributed by atoms with Crippen molar-refractivity contribution in [3.05, 3.63) is 35.4 Å². The maximum absolute atomic E-state index is 11.4. The fourth-order valence-corrected chi connectivity index (χ4v) is 1.91. The topological polar surface area (TPSA) is 69.6 Å². The van der Waals surface area contributed by atoms with Crippen LogP contribution in [-0.4, -0.2) is 33.6 Å². The van der Waals surface area contributed by atoms with Crippen molar-refractivity contribution in [1.29, 1.82) is 0 Å². The van der Waals surface area contributed by atoms with Gasteiger partial charge in [0.05, 0.1) is 12.6 Å². The van der Waals surface area contributed by atoms with Crippen molar-refractivity contribution in [2.24, 2.45) is 0 Å². The monoisotopic (exact) mass is 319 g/mol. The van der Waals surface area contributed by atoms with Crippen LogP contribution < -0.4 is 5.32 Å². The summed E-state index contributed by atoms with van der Waals surface area (Å²) in [5.41, 5.74) is 1.75. The molecule has 0 radical (unpaired) electrons. The number of rotatable bonds is 6. The Morgan fingerprint density at radius 2 is 1.70 bits per heavy atom.